The molecule has 0 bridgehead atoms. The van der Waals surface area contributed by atoms with E-state index in [2.05, 4.69) is 10.2 Å². The van der Waals surface area contributed by atoms with Gasteiger partial charge < -0.3 is 16.2 Å². The Labute approximate surface area is 113 Å². The molecule has 4 N–H and O–H groups in total. The zero-order chi connectivity index (χ0) is 13.8. The standard InChI is InChI=1S/C14H21N3O2/c1-10(17-6-5-11(8-17)9-18)14(19)16-13-4-2-3-12(15)7-13/h2-4,7,10-11,18H,5-6,8-9,15H2,1H3,(H,16,19). The summed E-state index contributed by atoms with van der Waals surface area (Å²) in [4.78, 5) is 14.2. The number of likely N-dealkylation sites (tertiary alicyclic amines) is 1. The minimum Gasteiger partial charge on any atom is -0.399 e. The second-order valence-corrected chi connectivity index (χ2v) is 5.12. The maximum absolute atomic E-state index is 12.1. The van der Waals surface area contributed by atoms with Crippen LogP contribution in [0.5, 0.6) is 0 Å². The summed E-state index contributed by atoms with van der Waals surface area (Å²) in [5.74, 6) is 0.256. The number of nitrogens with one attached hydrogen (secondary N) is 1. The molecular formula is C14H21N3O2. The third-order valence-corrected chi connectivity index (χ3v) is 3.66. The Balaban J connectivity index is 1.93. The molecule has 104 valence electrons. The van der Waals surface area contributed by atoms with Crippen LogP contribution in [-0.2, 0) is 4.79 Å². The summed E-state index contributed by atoms with van der Waals surface area (Å²) in [5.41, 5.74) is 7.03. The van der Waals surface area contributed by atoms with Gasteiger partial charge in [-0.25, -0.2) is 0 Å². The van der Waals surface area contributed by atoms with E-state index in [0.29, 0.717) is 11.6 Å². The molecule has 5 heteroatoms. The number of amides is 1. The Kier molecular flexibility index (Phi) is 4.39. The van der Waals surface area contributed by atoms with Gasteiger partial charge >= 0.3 is 0 Å². The third kappa shape index (κ3) is 3.45. The van der Waals surface area contributed by atoms with Gasteiger partial charge in [-0.3, -0.25) is 9.69 Å². The van der Waals surface area contributed by atoms with Crippen LogP contribution in [0, 0.1) is 5.92 Å². The molecule has 1 heterocycles. The van der Waals surface area contributed by atoms with Gasteiger partial charge in [0, 0.05) is 24.5 Å². The molecule has 5 nitrogen and oxygen atoms in total. The monoisotopic (exact) mass is 263 g/mol. The first kappa shape index (κ1) is 13.8. The van der Waals surface area contributed by atoms with E-state index in [0.717, 1.165) is 25.2 Å². The predicted octanol–water partition coefficient (Wildman–Crippen LogP) is 0.910. The van der Waals surface area contributed by atoms with Crippen molar-refractivity contribution in [3.8, 4) is 0 Å². The lowest BCUT2D eigenvalue weighted by Gasteiger charge is -2.23. The van der Waals surface area contributed by atoms with Gasteiger partial charge in [-0.05, 0) is 44.0 Å². The molecule has 2 unspecified atom stereocenters. The number of benzene rings is 1. The summed E-state index contributed by atoms with van der Waals surface area (Å²) in [7, 11) is 0. The molecule has 1 aromatic carbocycles. The normalized spacial score (nSPS) is 21.3. The smallest absolute Gasteiger partial charge is 0.241 e. The molecule has 0 aromatic heterocycles. The summed E-state index contributed by atoms with van der Waals surface area (Å²) in [6.07, 6.45) is 0.951. The fourth-order valence-corrected chi connectivity index (χ4v) is 2.39. The maximum atomic E-state index is 12.1. The Bertz CT molecular complexity index is 450. The van der Waals surface area contributed by atoms with Crippen LogP contribution in [0.3, 0.4) is 0 Å². The molecule has 0 spiro atoms. The van der Waals surface area contributed by atoms with E-state index in [1.54, 1.807) is 12.1 Å². The van der Waals surface area contributed by atoms with Crippen molar-refractivity contribution in [3.63, 3.8) is 0 Å². The van der Waals surface area contributed by atoms with E-state index in [4.69, 9.17) is 10.8 Å². The number of aliphatic hydroxyl groups excluding tert-OH is 1. The van der Waals surface area contributed by atoms with Crippen LogP contribution in [0.4, 0.5) is 11.4 Å². The van der Waals surface area contributed by atoms with Gasteiger partial charge in [-0.15, -0.1) is 0 Å². The highest BCUT2D eigenvalue weighted by Gasteiger charge is 2.29. The fourth-order valence-electron chi connectivity index (χ4n) is 2.39. The van der Waals surface area contributed by atoms with Gasteiger partial charge in [0.2, 0.25) is 5.91 Å². The largest absolute Gasteiger partial charge is 0.399 e. The quantitative estimate of drug-likeness (QED) is 0.706. The van der Waals surface area contributed by atoms with Crippen LogP contribution in [0.1, 0.15) is 13.3 Å². The minimum atomic E-state index is -0.196. The van der Waals surface area contributed by atoms with Crippen molar-refractivity contribution in [1.82, 2.24) is 4.90 Å². The molecule has 1 amide bonds. The van der Waals surface area contributed by atoms with E-state index >= 15 is 0 Å². The molecule has 1 aliphatic rings. The Hall–Kier alpha value is -1.59. The number of aliphatic hydroxyl groups is 1. The lowest BCUT2D eigenvalue weighted by Crippen LogP contribution is -2.40. The number of carbonyl (C=O) groups is 1. The molecular weight excluding hydrogens is 242 g/mol. The highest BCUT2D eigenvalue weighted by atomic mass is 16.3. The van der Waals surface area contributed by atoms with E-state index in [-0.39, 0.29) is 18.6 Å². The van der Waals surface area contributed by atoms with Gasteiger partial charge in [0.05, 0.1) is 6.04 Å². The van der Waals surface area contributed by atoms with Crippen LogP contribution in [0.25, 0.3) is 0 Å². The Morgan fingerprint density at radius 1 is 1.63 bits per heavy atom. The minimum absolute atomic E-state index is 0.0378. The fraction of sp³-hybridized carbons (Fsp3) is 0.500. The van der Waals surface area contributed by atoms with Crippen molar-refractivity contribution in [2.24, 2.45) is 5.92 Å². The number of hydrogen-bond donors (Lipinski definition) is 3. The summed E-state index contributed by atoms with van der Waals surface area (Å²) < 4.78 is 0. The van der Waals surface area contributed by atoms with Crippen LogP contribution in [-0.4, -0.2) is 41.7 Å². The lowest BCUT2D eigenvalue weighted by atomic mass is 10.1. The number of nitrogens with two attached hydrogens (primary N) is 1. The van der Waals surface area contributed by atoms with Crippen molar-refractivity contribution in [3.05, 3.63) is 24.3 Å². The van der Waals surface area contributed by atoms with Crippen molar-refractivity contribution in [2.75, 3.05) is 30.7 Å². The second kappa shape index (κ2) is 6.04. The zero-order valence-corrected chi connectivity index (χ0v) is 11.2. The van der Waals surface area contributed by atoms with Crippen molar-refractivity contribution in [2.45, 2.75) is 19.4 Å². The topological polar surface area (TPSA) is 78.6 Å². The first-order valence-electron chi connectivity index (χ1n) is 6.61. The second-order valence-electron chi connectivity index (χ2n) is 5.12. The zero-order valence-electron chi connectivity index (χ0n) is 11.2. The highest BCUT2D eigenvalue weighted by Crippen LogP contribution is 2.19. The van der Waals surface area contributed by atoms with E-state index in [1.165, 1.54) is 0 Å². The van der Waals surface area contributed by atoms with Crippen LogP contribution in [0.15, 0.2) is 24.3 Å². The van der Waals surface area contributed by atoms with Crippen LogP contribution >= 0.6 is 0 Å². The van der Waals surface area contributed by atoms with Gasteiger partial charge in [-0.2, -0.15) is 0 Å². The predicted molar refractivity (Wildman–Crippen MR) is 75.7 cm³/mol. The van der Waals surface area contributed by atoms with Gasteiger partial charge in [-0.1, -0.05) is 6.07 Å². The lowest BCUT2D eigenvalue weighted by molar-refractivity contribution is -0.120. The number of anilines is 2. The summed E-state index contributed by atoms with van der Waals surface area (Å²) in [6, 6.07) is 6.96. The first-order chi connectivity index (χ1) is 9.10. The Morgan fingerprint density at radius 2 is 2.42 bits per heavy atom. The number of hydrogen-bond acceptors (Lipinski definition) is 4. The summed E-state index contributed by atoms with van der Waals surface area (Å²) in [6.45, 7) is 3.72. The molecule has 2 rings (SSSR count). The molecule has 1 aliphatic heterocycles. The van der Waals surface area contributed by atoms with Crippen LogP contribution in [0.2, 0.25) is 0 Å². The van der Waals surface area contributed by atoms with Crippen molar-refractivity contribution < 1.29 is 9.90 Å². The highest BCUT2D eigenvalue weighted by molar-refractivity contribution is 5.94. The summed E-state index contributed by atoms with van der Waals surface area (Å²) >= 11 is 0. The van der Waals surface area contributed by atoms with Gasteiger partial charge in [0.15, 0.2) is 0 Å². The van der Waals surface area contributed by atoms with Crippen molar-refractivity contribution >= 4 is 17.3 Å². The van der Waals surface area contributed by atoms with E-state index in [1.807, 2.05) is 19.1 Å². The van der Waals surface area contributed by atoms with E-state index < -0.39 is 0 Å². The molecule has 0 aliphatic carbocycles. The molecule has 1 aromatic rings. The van der Waals surface area contributed by atoms with Gasteiger partial charge in [0.1, 0.15) is 0 Å². The number of carbonyl (C=O) groups excluding carboxylic acids is 1. The first-order valence-corrected chi connectivity index (χ1v) is 6.61. The maximum Gasteiger partial charge on any atom is 0.241 e. The number of nitrogen functional groups attached to an aromatic ring is 1. The molecule has 0 radical (unpaired) electrons. The average molecular weight is 263 g/mol. The average Bonchev–Trinajstić information content (AvgIpc) is 2.86. The molecule has 1 fully saturated rings. The van der Waals surface area contributed by atoms with Gasteiger partial charge in [0.25, 0.3) is 0 Å². The SMILES string of the molecule is CC(C(=O)Nc1cccc(N)c1)N1CCC(CO)C1. The Morgan fingerprint density at radius 3 is 3.05 bits per heavy atom. The molecule has 1 saturated heterocycles. The van der Waals surface area contributed by atoms with Crippen LogP contribution < -0.4 is 11.1 Å². The summed E-state index contributed by atoms with van der Waals surface area (Å²) in [5, 5.41) is 12.0. The number of nitrogens with zero attached hydrogens (tertiary/aromatic N) is 1. The number of rotatable bonds is 4. The molecule has 0 saturated carbocycles. The van der Waals surface area contributed by atoms with Crippen molar-refractivity contribution in [1.29, 1.82) is 0 Å². The molecule has 2 atom stereocenters. The molecule has 19 heavy (non-hydrogen) atoms. The van der Waals surface area contributed by atoms with E-state index in [9.17, 15) is 4.79 Å². The third-order valence-electron chi connectivity index (χ3n) is 3.66.